The van der Waals surface area contributed by atoms with E-state index < -0.39 is 6.04 Å². The summed E-state index contributed by atoms with van der Waals surface area (Å²) in [5, 5.41) is 5.73. The van der Waals surface area contributed by atoms with Crippen molar-refractivity contribution in [3.8, 4) is 0 Å². The van der Waals surface area contributed by atoms with E-state index in [0.717, 1.165) is 5.69 Å². The van der Waals surface area contributed by atoms with Crippen LogP contribution in [0.1, 0.15) is 6.42 Å². The van der Waals surface area contributed by atoms with Crippen molar-refractivity contribution in [2.24, 2.45) is 0 Å². The Bertz CT molecular complexity index is 478. The van der Waals surface area contributed by atoms with Crippen LogP contribution in [0.3, 0.4) is 0 Å². The second-order valence-corrected chi connectivity index (χ2v) is 4.90. The van der Waals surface area contributed by atoms with E-state index in [-0.39, 0.29) is 18.4 Å². The zero-order valence-electron chi connectivity index (χ0n) is 12.2. The van der Waals surface area contributed by atoms with Crippen molar-refractivity contribution in [1.29, 1.82) is 0 Å². The number of benzene rings is 1. The predicted octanol–water partition coefficient (Wildman–Crippen LogP) is 0.144. The van der Waals surface area contributed by atoms with Crippen LogP contribution in [0.15, 0.2) is 30.3 Å². The lowest BCUT2D eigenvalue weighted by Crippen LogP contribution is -2.45. The SMILES string of the molecule is COCCNCC(=O)NC1CCN(c2ccccc2)C1=O. The zero-order valence-corrected chi connectivity index (χ0v) is 12.2. The average molecular weight is 291 g/mol. The summed E-state index contributed by atoms with van der Waals surface area (Å²) in [5.41, 5.74) is 0.873. The molecule has 0 aliphatic carbocycles. The van der Waals surface area contributed by atoms with Gasteiger partial charge in [-0.2, -0.15) is 0 Å². The normalized spacial score (nSPS) is 18.0. The third-order valence-electron chi connectivity index (χ3n) is 3.38. The molecule has 21 heavy (non-hydrogen) atoms. The maximum Gasteiger partial charge on any atom is 0.249 e. The lowest BCUT2D eigenvalue weighted by atomic mass is 10.2. The van der Waals surface area contributed by atoms with Crippen LogP contribution < -0.4 is 15.5 Å². The minimum absolute atomic E-state index is 0.0496. The van der Waals surface area contributed by atoms with Crippen molar-refractivity contribution >= 4 is 17.5 Å². The fraction of sp³-hybridized carbons (Fsp3) is 0.467. The number of rotatable bonds is 7. The monoisotopic (exact) mass is 291 g/mol. The van der Waals surface area contributed by atoms with Gasteiger partial charge in [0.25, 0.3) is 0 Å². The number of ether oxygens (including phenoxy) is 1. The van der Waals surface area contributed by atoms with Gasteiger partial charge in [0.1, 0.15) is 6.04 Å². The maximum absolute atomic E-state index is 12.3. The minimum Gasteiger partial charge on any atom is -0.383 e. The molecule has 1 fully saturated rings. The van der Waals surface area contributed by atoms with Gasteiger partial charge in [-0.25, -0.2) is 0 Å². The number of anilines is 1. The van der Waals surface area contributed by atoms with Crippen LogP contribution in [0, 0.1) is 0 Å². The number of hydrogen-bond acceptors (Lipinski definition) is 4. The van der Waals surface area contributed by atoms with Crippen LogP contribution in [0.2, 0.25) is 0 Å². The smallest absolute Gasteiger partial charge is 0.249 e. The largest absolute Gasteiger partial charge is 0.383 e. The topological polar surface area (TPSA) is 70.7 Å². The Hall–Kier alpha value is -1.92. The Balaban J connectivity index is 1.81. The van der Waals surface area contributed by atoms with E-state index in [1.165, 1.54) is 0 Å². The molecule has 0 bridgehead atoms. The van der Waals surface area contributed by atoms with Crippen LogP contribution in [0.4, 0.5) is 5.69 Å². The van der Waals surface area contributed by atoms with Gasteiger partial charge in [0.15, 0.2) is 0 Å². The molecule has 1 heterocycles. The van der Waals surface area contributed by atoms with E-state index >= 15 is 0 Å². The highest BCUT2D eigenvalue weighted by molar-refractivity contribution is 6.01. The van der Waals surface area contributed by atoms with Gasteiger partial charge < -0.3 is 20.3 Å². The van der Waals surface area contributed by atoms with Gasteiger partial charge in [-0.3, -0.25) is 9.59 Å². The predicted molar refractivity (Wildman–Crippen MR) is 80.1 cm³/mol. The molecule has 1 atom stereocenters. The molecule has 1 unspecified atom stereocenters. The quantitative estimate of drug-likeness (QED) is 0.701. The first-order valence-corrected chi connectivity index (χ1v) is 7.08. The molecule has 1 saturated heterocycles. The second-order valence-electron chi connectivity index (χ2n) is 4.90. The number of carbonyl (C=O) groups excluding carboxylic acids is 2. The highest BCUT2D eigenvalue weighted by Gasteiger charge is 2.33. The molecule has 0 aromatic heterocycles. The molecule has 0 spiro atoms. The highest BCUT2D eigenvalue weighted by Crippen LogP contribution is 2.20. The Morgan fingerprint density at radius 1 is 1.38 bits per heavy atom. The summed E-state index contributed by atoms with van der Waals surface area (Å²) in [5.74, 6) is -0.217. The van der Waals surface area contributed by atoms with Crippen molar-refractivity contribution in [2.75, 3.05) is 38.3 Å². The number of carbonyl (C=O) groups is 2. The summed E-state index contributed by atoms with van der Waals surface area (Å²) in [6.07, 6.45) is 0.636. The second kappa shape index (κ2) is 7.75. The molecule has 6 heteroatoms. The van der Waals surface area contributed by atoms with Gasteiger partial charge in [-0.1, -0.05) is 18.2 Å². The molecule has 1 aliphatic heterocycles. The van der Waals surface area contributed by atoms with Crippen molar-refractivity contribution in [1.82, 2.24) is 10.6 Å². The van der Waals surface area contributed by atoms with Gasteiger partial charge in [-0.15, -0.1) is 0 Å². The summed E-state index contributed by atoms with van der Waals surface area (Å²) < 4.78 is 4.88. The molecular weight excluding hydrogens is 270 g/mol. The summed E-state index contributed by atoms with van der Waals surface area (Å²) in [6.45, 7) is 1.99. The summed E-state index contributed by atoms with van der Waals surface area (Å²) in [4.78, 5) is 25.8. The number of nitrogens with one attached hydrogen (secondary N) is 2. The van der Waals surface area contributed by atoms with Crippen molar-refractivity contribution < 1.29 is 14.3 Å². The fourth-order valence-corrected chi connectivity index (χ4v) is 2.30. The van der Waals surface area contributed by atoms with E-state index in [0.29, 0.717) is 26.1 Å². The number of para-hydroxylation sites is 1. The molecule has 2 amide bonds. The highest BCUT2D eigenvalue weighted by atomic mass is 16.5. The standard InChI is InChI=1S/C15H21N3O3/c1-21-10-8-16-11-14(19)17-13-7-9-18(15(13)20)12-5-3-2-4-6-12/h2-6,13,16H,7-11H2,1H3,(H,17,19). The Morgan fingerprint density at radius 2 is 2.14 bits per heavy atom. The third kappa shape index (κ3) is 4.27. The molecule has 1 aromatic rings. The van der Waals surface area contributed by atoms with Crippen molar-refractivity contribution in [3.63, 3.8) is 0 Å². The number of hydrogen-bond donors (Lipinski definition) is 2. The maximum atomic E-state index is 12.3. The summed E-state index contributed by atoms with van der Waals surface area (Å²) in [7, 11) is 1.61. The van der Waals surface area contributed by atoms with Crippen LogP contribution in [0.25, 0.3) is 0 Å². The van der Waals surface area contributed by atoms with Crippen molar-refractivity contribution in [2.45, 2.75) is 12.5 Å². The van der Waals surface area contributed by atoms with E-state index in [9.17, 15) is 9.59 Å². The van der Waals surface area contributed by atoms with Gasteiger partial charge >= 0.3 is 0 Å². The first-order chi connectivity index (χ1) is 10.2. The molecule has 0 radical (unpaired) electrons. The van der Waals surface area contributed by atoms with Crippen LogP contribution in [-0.2, 0) is 14.3 Å². The first-order valence-electron chi connectivity index (χ1n) is 7.08. The van der Waals surface area contributed by atoms with E-state index in [2.05, 4.69) is 10.6 Å². The van der Waals surface area contributed by atoms with E-state index in [1.807, 2.05) is 30.3 Å². The number of methoxy groups -OCH3 is 1. The Kier molecular flexibility index (Phi) is 5.71. The van der Waals surface area contributed by atoms with Gasteiger partial charge in [0.05, 0.1) is 13.2 Å². The molecule has 0 saturated carbocycles. The molecule has 2 N–H and O–H groups in total. The molecule has 6 nitrogen and oxygen atoms in total. The van der Waals surface area contributed by atoms with Crippen LogP contribution in [-0.4, -0.2) is 51.2 Å². The first kappa shape index (κ1) is 15.5. The van der Waals surface area contributed by atoms with Gasteiger partial charge in [0.2, 0.25) is 11.8 Å². The Labute approximate surface area is 124 Å². The zero-order chi connectivity index (χ0) is 15.1. The molecule has 114 valence electrons. The molecular formula is C15H21N3O3. The van der Waals surface area contributed by atoms with E-state index in [1.54, 1.807) is 12.0 Å². The summed E-state index contributed by atoms with van der Waals surface area (Å²) >= 11 is 0. The fourth-order valence-electron chi connectivity index (χ4n) is 2.30. The third-order valence-corrected chi connectivity index (χ3v) is 3.38. The average Bonchev–Trinajstić information content (AvgIpc) is 2.86. The van der Waals surface area contributed by atoms with Gasteiger partial charge in [0, 0.05) is 25.9 Å². The molecule has 1 aliphatic rings. The Morgan fingerprint density at radius 3 is 2.86 bits per heavy atom. The lowest BCUT2D eigenvalue weighted by Gasteiger charge is -2.17. The molecule has 1 aromatic carbocycles. The number of amides is 2. The lowest BCUT2D eigenvalue weighted by molar-refractivity contribution is -0.125. The summed E-state index contributed by atoms with van der Waals surface area (Å²) in [6, 6.07) is 9.07. The van der Waals surface area contributed by atoms with Crippen LogP contribution >= 0.6 is 0 Å². The van der Waals surface area contributed by atoms with Crippen LogP contribution in [0.5, 0.6) is 0 Å². The van der Waals surface area contributed by atoms with E-state index in [4.69, 9.17) is 4.74 Å². The van der Waals surface area contributed by atoms with Crippen molar-refractivity contribution in [3.05, 3.63) is 30.3 Å². The van der Waals surface area contributed by atoms with Gasteiger partial charge in [-0.05, 0) is 18.6 Å². The molecule has 2 rings (SSSR count). The number of nitrogens with zero attached hydrogens (tertiary/aromatic N) is 1. The minimum atomic E-state index is -0.429.